The number of ether oxygens (including phenoxy) is 1. The smallest absolute Gasteiger partial charge is 0.326 e. The van der Waals surface area contributed by atoms with Crippen molar-refractivity contribution >= 4 is 5.97 Å². The molecule has 0 radical (unpaired) electrons. The number of rotatable bonds is 6. The van der Waals surface area contributed by atoms with E-state index in [1.807, 2.05) is 13.0 Å². The van der Waals surface area contributed by atoms with Crippen molar-refractivity contribution in [3.8, 4) is 6.07 Å². The first kappa shape index (κ1) is 14.2. The van der Waals surface area contributed by atoms with Gasteiger partial charge in [-0.15, -0.1) is 0 Å². The lowest BCUT2D eigenvalue weighted by Gasteiger charge is -2.18. The van der Waals surface area contributed by atoms with Crippen LogP contribution in [0.15, 0.2) is 6.33 Å². The lowest BCUT2D eigenvalue weighted by molar-refractivity contribution is -0.151. The molecule has 0 aliphatic heterocycles. The predicted molar refractivity (Wildman–Crippen MR) is 64.4 cm³/mol. The zero-order valence-electron chi connectivity index (χ0n) is 11.0. The fourth-order valence-corrected chi connectivity index (χ4v) is 1.59. The Morgan fingerprint density at radius 2 is 2.33 bits per heavy atom. The molecule has 1 atom stereocenters. The number of carbonyl (C=O) groups is 1. The number of aromatic nitrogens is 3. The van der Waals surface area contributed by atoms with Gasteiger partial charge in [-0.25, -0.2) is 4.98 Å². The van der Waals surface area contributed by atoms with Crippen molar-refractivity contribution in [2.24, 2.45) is 5.41 Å². The van der Waals surface area contributed by atoms with Gasteiger partial charge in [-0.3, -0.25) is 9.48 Å². The van der Waals surface area contributed by atoms with Crippen LogP contribution in [0.4, 0.5) is 0 Å². The number of esters is 1. The van der Waals surface area contributed by atoms with E-state index in [0.717, 1.165) is 13.0 Å². The van der Waals surface area contributed by atoms with Crippen molar-refractivity contribution in [1.29, 1.82) is 5.26 Å². The molecule has 0 spiro atoms. The van der Waals surface area contributed by atoms with Gasteiger partial charge in [0.05, 0.1) is 12.7 Å². The molecule has 18 heavy (non-hydrogen) atoms. The largest absolute Gasteiger partial charge is 0.465 e. The third kappa shape index (κ3) is 3.06. The van der Waals surface area contributed by atoms with E-state index in [2.05, 4.69) is 10.1 Å². The van der Waals surface area contributed by atoms with E-state index in [-0.39, 0.29) is 13.0 Å². The fraction of sp³-hybridized carbons (Fsp3) is 0.667. The quantitative estimate of drug-likeness (QED) is 0.711. The van der Waals surface area contributed by atoms with Crippen LogP contribution < -0.4 is 0 Å². The molecule has 0 fully saturated rings. The average molecular weight is 250 g/mol. The molecule has 6 heteroatoms. The summed E-state index contributed by atoms with van der Waals surface area (Å²) in [6, 6.07) is 2.01. The molecular formula is C12H18N4O2. The van der Waals surface area contributed by atoms with Crippen LogP contribution in [0.1, 0.15) is 33.0 Å². The molecular weight excluding hydrogens is 232 g/mol. The second-order valence-corrected chi connectivity index (χ2v) is 4.24. The lowest BCUT2D eigenvalue weighted by atomic mass is 9.88. The van der Waals surface area contributed by atoms with Gasteiger partial charge in [0.15, 0.2) is 5.41 Å². The molecule has 0 aromatic carbocycles. The van der Waals surface area contributed by atoms with Gasteiger partial charge in [-0.1, -0.05) is 6.92 Å². The second kappa shape index (κ2) is 6.15. The summed E-state index contributed by atoms with van der Waals surface area (Å²) in [6.45, 7) is 6.29. The Morgan fingerprint density at radius 1 is 1.61 bits per heavy atom. The predicted octanol–water partition coefficient (Wildman–Crippen LogP) is 1.32. The highest BCUT2D eigenvalue weighted by Crippen LogP contribution is 2.22. The molecule has 1 heterocycles. The molecule has 0 saturated carbocycles. The van der Waals surface area contributed by atoms with Crippen molar-refractivity contribution in [3.05, 3.63) is 12.2 Å². The summed E-state index contributed by atoms with van der Waals surface area (Å²) >= 11 is 0. The zero-order chi connectivity index (χ0) is 13.6. The fourth-order valence-electron chi connectivity index (χ4n) is 1.59. The number of hydrogen-bond acceptors (Lipinski definition) is 5. The first-order valence-electron chi connectivity index (χ1n) is 6.02. The summed E-state index contributed by atoms with van der Waals surface area (Å²) in [6.07, 6.45) is 2.56. The summed E-state index contributed by atoms with van der Waals surface area (Å²) in [4.78, 5) is 15.9. The van der Waals surface area contributed by atoms with Crippen LogP contribution >= 0.6 is 0 Å². The molecule has 98 valence electrons. The topological polar surface area (TPSA) is 80.8 Å². The van der Waals surface area contributed by atoms with Gasteiger partial charge in [0, 0.05) is 13.0 Å². The van der Waals surface area contributed by atoms with Crippen LogP contribution in [-0.4, -0.2) is 27.3 Å². The van der Waals surface area contributed by atoms with Crippen molar-refractivity contribution in [1.82, 2.24) is 14.8 Å². The van der Waals surface area contributed by atoms with Gasteiger partial charge >= 0.3 is 5.97 Å². The van der Waals surface area contributed by atoms with E-state index < -0.39 is 11.4 Å². The van der Waals surface area contributed by atoms with Crippen molar-refractivity contribution in [3.63, 3.8) is 0 Å². The van der Waals surface area contributed by atoms with Crippen LogP contribution in [0.2, 0.25) is 0 Å². The Bertz CT molecular complexity index is 449. The molecule has 1 unspecified atom stereocenters. The summed E-state index contributed by atoms with van der Waals surface area (Å²) in [7, 11) is 0. The normalized spacial score (nSPS) is 13.7. The maximum atomic E-state index is 11.8. The molecule has 1 aromatic rings. The Balaban J connectivity index is 2.88. The highest BCUT2D eigenvalue weighted by Gasteiger charge is 2.36. The molecule has 1 aromatic heterocycles. The van der Waals surface area contributed by atoms with Crippen LogP contribution in [0.3, 0.4) is 0 Å². The van der Waals surface area contributed by atoms with Crippen molar-refractivity contribution in [2.75, 3.05) is 6.61 Å². The van der Waals surface area contributed by atoms with Crippen molar-refractivity contribution in [2.45, 2.75) is 40.2 Å². The van der Waals surface area contributed by atoms with Gasteiger partial charge < -0.3 is 4.74 Å². The van der Waals surface area contributed by atoms with E-state index in [4.69, 9.17) is 4.74 Å². The Morgan fingerprint density at radius 3 is 2.89 bits per heavy atom. The highest BCUT2D eigenvalue weighted by atomic mass is 16.5. The summed E-state index contributed by atoms with van der Waals surface area (Å²) in [5.74, 6) is 0.118. The maximum absolute atomic E-state index is 11.8. The minimum absolute atomic E-state index is 0.211. The lowest BCUT2D eigenvalue weighted by Crippen LogP contribution is -2.32. The molecule has 0 aliphatic rings. The average Bonchev–Trinajstić information content (AvgIpc) is 2.77. The van der Waals surface area contributed by atoms with Gasteiger partial charge in [0.1, 0.15) is 12.2 Å². The minimum Gasteiger partial charge on any atom is -0.465 e. The molecule has 0 N–H and O–H groups in total. The van der Waals surface area contributed by atoms with Crippen molar-refractivity contribution < 1.29 is 9.53 Å². The zero-order valence-corrected chi connectivity index (χ0v) is 11.0. The summed E-state index contributed by atoms with van der Waals surface area (Å²) in [5.41, 5.74) is -1.21. The number of nitrogens with zero attached hydrogens (tertiary/aromatic N) is 4. The molecule has 0 aliphatic carbocycles. The number of nitriles is 1. The SMILES string of the molecule is CCCn1ncnc1CC(C)(C#N)C(=O)OCC. The Hall–Kier alpha value is -1.90. The Kier molecular flexibility index (Phi) is 4.84. The number of aryl methyl sites for hydroxylation is 1. The summed E-state index contributed by atoms with van der Waals surface area (Å²) < 4.78 is 6.64. The van der Waals surface area contributed by atoms with E-state index in [9.17, 15) is 10.1 Å². The first-order valence-corrected chi connectivity index (χ1v) is 6.02. The third-order valence-electron chi connectivity index (χ3n) is 2.62. The van der Waals surface area contributed by atoms with E-state index in [0.29, 0.717) is 5.82 Å². The van der Waals surface area contributed by atoms with Gasteiger partial charge in [-0.2, -0.15) is 10.4 Å². The molecule has 1 rings (SSSR count). The van der Waals surface area contributed by atoms with E-state index in [1.165, 1.54) is 6.33 Å². The molecule has 0 amide bonds. The van der Waals surface area contributed by atoms with Crippen LogP contribution in [0.5, 0.6) is 0 Å². The maximum Gasteiger partial charge on any atom is 0.326 e. The number of carbonyl (C=O) groups excluding carboxylic acids is 1. The molecule has 6 nitrogen and oxygen atoms in total. The minimum atomic E-state index is -1.21. The third-order valence-corrected chi connectivity index (χ3v) is 2.62. The molecule has 0 saturated heterocycles. The van der Waals surface area contributed by atoms with Crippen LogP contribution in [-0.2, 0) is 22.5 Å². The van der Waals surface area contributed by atoms with Crippen LogP contribution in [0.25, 0.3) is 0 Å². The summed E-state index contributed by atoms with van der Waals surface area (Å²) in [5, 5.41) is 13.3. The highest BCUT2D eigenvalue weighted by molar-refractivity contribution is 5.79. The first-order chi connectivity index (χ1) is 8.57. The van der Waals surface area contributed by atoms with Gasteiger partial charge in [0.25, 0.3) is 0 Å². The van der Waals surface area contributed by atoms with Crippen LogP contribution in [0, 0.1) is 16.7 Å². The van der Waals surface area contributed by atoms with Gasteiger partial charge in [-0.05, 0) is 20.3 Å². The van der Waals surface area contributed by atoms with E-state index in [1.54, 1.807) is 18.5 Å². The second-order valence-electron chi connectivity index (χ2n) is 4.24. The monoisotopic (exact) mass is 250 g/mol. The molecule has 0 bridgehead atoms. The van der Waals surface area contributed by atoms with Gasteiger partial charge in [0.2, 0.25) is 0 Å². The number of hydrogen-bond donors (Lipinski definition) is 0. The van der Waals surface area contributed by atoms with E-state index >= 15 is 0 Å². The Labute approximate surface area is 107 Å². The standard InChI is InChI=1S/C12H18N4O2/c1-4-6-16-10(14-9-15-16)7-12(3,8-13)11(17)18-5-2/h9H,4-7H2,1-3H3.